The molecule has 1 atom stereocenters. The fraction of sp³-hybridized carbons (Fsp3) is 0.375. The number of carbonyl (C=O) groups excluding carboxylic acids is 3. The van der Waals surface area contributed by atoms with Crippen molar-refractivity contribution in [1.29, 1.82) is 0 Å². The Morgan fingerprint density at radius 3 is 2.03 bits per heavy atom. The van der Waals surface area contributed by atoms with Gasteiger partial charge in [-0.15, -0.1) is 0 Å². The molecule has 7 nitrogen and oxygen atoms in total. The zero-order chi connectivity index (χ0) is 22.8. The molecule has 7 heteroatoms. The molecule has 3 amide bonds. The molecule has 2 rings (SSSR count). The number of hydrogen-bond acceptors (Lipinski definition) is 4. The van der Waals surface area contributed by atoms with Gasteiger partial charge in [-0.25, -0.2) is 9.59 Å². The summed E-state index contributed by atoms with van der Waals surface area (Å²) in [5, 5.41) is 8.15. The lowest BCUT2D eigenvalue weighted by Crippen LogP contribution is -2.47. The second-order valence-electron chi connectivity index (χ2n) is 7.50. The number of esters is 1. The van der Waals surface area contributed by atoms with E-state index in [1.54, 1.807) is 38.1 Å². The van der Waals surface area contributed by atoms with Gasteiger partial charge >= 0.3 is 12.0 Å². The molecule has 0 bridgehead atoms. The number of carbonyl (C=O) groups is 3. The van der Waals surface area contributed by atoms with Crippen molar-refractivity contribution in [2.45, 2.75) is 46.6 Å². The van der Waals surface area contributed by atoms with Crippen LogP contribution in [0, 0.1) is 5.92 Å². The maximum Gasteiger partial charge on any atom is 0.329 e. The van der Waals surface area contributed by atoms with Crippen molar-refractivity contribution in [3.63, 3.8) is 0 Å². The number of para-hydroxylation sites is 2. The Balaban J connectivity index is 1.94. The van der Waals surface area contributed by atoms with E-state index in [1.807, 2.05) is 38.1 Å². The highest BCUT2D eigenvalue weighted by Gasteiger charge is 2.26. The quantitative estimate of drug-likeness (QED) is 0.526. The maximum atomic E-state index is 12.5. The average Bonchev–Trinajstić information content (AvgIpc) is 2.76. The summed E-state index contributed by atoms with van der Waals surface area (Å²) < 4.78 is 5.20. The zero-order valence-corrected chi connectivity index (χ0v) is 18.5. The standard InChI is InChI=1S/C24H31N3O4/c1-5-17-11-10-12-18(6-2)22(17)26-20(28)15-31-23(29)21(16(3)4)27-24(30)25-19-13-8-7-9-14-19/h7-14,16,21H,5-6,15H2,1-4H3,(H,26,28)(H2,25,27,30)/t21-/m0/s1. The summed E-state index contributed by atoms with van der Waals surface area (Å²) in [5.41, 5.74) is 3.43. The third-order valence-electron chi connectivity index (χ3n) is 4.85. The molecule has 0 aliphatic rings. The molecular weight excluding hydrogens is 394 g/mol. The van der Waals surface area contributed by atoms with Crippen LogP contribution in [0.1, 0.15) is 38.8 Å². The second kappa shape index (κ2) is 11.7. The van der Waals surface area contributed by atoms with E-state index in [4.69, 9.17) is 4.74 Å². The van der Waals surface area contributed by atoms with E-state index >= 15 is 0 Å². The minimum Gasteiger partial charge on any atom is -0.454 e. The van der Waals surface area contributed by atoms with Crippen LogP contribution >= 0.6 is 0 Å². The number of aryl methyl sites for hydroxylation is 2. The van der Waals surface area contributed by atoms with Crippen molar-refractivity contribution in [2.24, 2.45) is 5.92 Å². The summed E-state index contributed by atoms with van der Waals surface area (Å²) in [6.45, 7) is 7.19. The van der Waals surface area contributed by atoms with Crippen molar-refractivity contribution in [3.05, 3.63) is 59.7 Å². The largest absolute Gasteiger partial charge is 0.454 e. The highest BCUT2D eigenvalue weighted by molar-refractivity contribution is 5.96. The van der Waals surface area contributed by atoms with Crippen LogP contribution in [0.25, 0.3) is 0 Å². The van der Waals surface area contributed by atoms with Crippen LogP contribution in [0.4, 0.5) is 16.2 Å². The third kappa shape index (κ3) is 7.13. The fourth-order valence-electron chi connectivity index (χ4n) is 3.13. The number of nitrogens with one attached hydrogen (secondary N) is 3. The molecular formula is C24H31N3O4. The van der Waals surface area contributed by atoms with Gasteiger partial charge in [0.2, 0.25) is 0 Å². The predicted octanol–water partition coefficient (Wildman–Crippen LogP) is 4.14. The topological polar surface area (TPSA) is 96.5 Å². The van der Waals surface area contributed by atoms with E-state index in [2.05, 4.69) is 16.0 Å². The molecule has 3 N–H and O–H groups in total. The molecule has 0 heterocycles. The van der Waals surface area contributed by atoms with Gasteiger partial charge in [-0.2, -0.15) is 0 Å². The van der Waals surface area contributed by atoms with E-state index in [0.29, 0.717) is 5.69 Å². The van der Waals surface area contributed by atoms with E-state index in [0.717, 1.165) is 29.7 Å². The normalized spacial score (nSPS) is 11.5. The summed E-state index contributed by atoms with van der Waals surface area (Å²) in [6.07, 6.45) is 1.55. The molecule has 2 aromatic rings. The molecule has 2 aromatic carbocycles. The zero-order valence-electron chi connectivity index (χ0n) is 18.5. The molecule has 166 valence electrons. The van der Waals surface area contributed by atoms with Crippen molar-refractivity contribution in [3.8, 4) is 0 Å². The van der Waals surface area contributed by atoms with E-state index in [9.17, 15) is 14.4 Å². The van der Waals surface area contributed by atoms with Gasteiger partial charge in [0, 0.05) is 11.4 Å². The molecule has 0 saturated carbocycles. The Labute approximate surface area is 183 Å². The minimum absolute atomic E-state index is 0.218. The summed E-state index contributed by atoms with van der Waals surface area (Å²) >= 11 is 0. The minimum atomic E-state index is -0.884. The number of anilines is 2. The van der Waals surface area contributed by atoms with Crippen molar-refractivity contribution < 1.29 is 19.1 Å². The Bertz CT molecular complexity index is 875. The number of benzene rings is 2. The molecule has 0 fully saturated rings. The molecule has 0 radical (unpaired) electrons. The van der Waals surface area contributed by atoms with Gasteiger partial charge in [0.25, 0.3) is 5.91 Å². The molecule has 0 unspecified atom stereocenters. The van der Waals surface area contributed by atoms with Gasteiger partial charge in [-0.05, 0) is 42.0 Å². The number of ether oxygens (including phenoxy) is 1. The lowest BCUT2D eigenvalue weighted by atomic mass is 10.0. The van der Waals surface area contributed by atoms with Crippen LogP contribution in [0.5, 0.6) is 0 Å². The Kier molecular flexibility index (Phi) is 9.06. The van der Waals surface area contributed by atoms with Crippen LogP contribution in [-0.2, 0) is 27.2 Å². The Hall–Kier alpha value is -3.35. The summed E-state index contributed by atoms with van der Waals surface area (Å²) in [6, 6.07) is 13.4. The number of amides is 3. The average molecular weight is 426 g/mol. The van der Waals surface area contributed by atoms with Gasteiger partial charge in [-0.3, -0.25) is 4.79 Å². The summed E-state index contributed by atoms with van der Waals surface area (Å²) in [7, 11) is 0. The highest BCUT2D eigenvalue weighted by atomic mass is 16.5. The van der Waals surface area contributed by atoms with Crippen molar-refractivity contribution in [2.75, 3.05) is 17.2 Å². The molecule has 0 aliphatic heterocycles. The van der Waals surface area contributed by atoms with Gasteiger partial charge in [0.05, 0.1) is 0 Å². The molecule has 0 saturated heterocycles. The lowest BCUT2D eigenvalue weighted by Gasteiger charge is -2.21. The van der Waals surface area contributed by atoms with Gasteiger partial charge in [0.15, 0.2) is 6.61 Å². The van der Waals surface area contributed by atoms with Crippen LogP contribution < -0.4 is 16.0 Å². The van der Waals surface area contributed by atoms with E-state index in [1.165, 1.54) is 0 Å². The van der Waals surface area contributed by atoms with Gasteiger partial charge in [0.1, 0.15) is 6.04 Å². The number of hydrogen-bond donors (Lipinski definition) is 3. The predicted molar refractivity (Wildman–Crippen MR) is 122 cm³/mol. The fourth-order valence-corrected chi connectivity index (χ4v) is 3.13. The first-order valence-electron chi connectivity index (χ1n) is 10.6. The number of urea groups is 1. The van der Waals surface area contributed by atoms with Crippen molar-refractivity contribution in [1.82, 2.24) is 5.32 Å². The summed E-state index contributed by atoms with van der Waals surface area (Å²) in [4.78, 5) is 37.2. The van der Waals surface area contributed by atoms with Crippen LogP contribution in [0.15, 0.2) is 48.5 Å². The highest BCUT2D eigenvalue weighted by Crippen LogP contribution is 2.22. The van der Waals surface area contributed by atoms with Crippen LogP contribution in [0.2, 0.25) is 0 Å². The van der Waals surface area contributed by atoms with Crippen LogP contribution in [-0.4, -0.2) is 30.6 Å². The van der Waals surface area contributed by atoms with E-state index in [-0.39, 0.29) is 5.92 Å². The third-order valence-corrected chi connectivity index (χ3v) is 4.85. The molecule has 0 spiro atoms. The smallest absolute Gasteiger partial charge is 0.329 e. The molecule has 31 heavy (non-hydrogen) atoms. The first-order valence-corrected chi connectivity index (χ1v) is 10.6. The first-order chi connectivity index (χ1) is 14.8. The SMILES string of the molecule is CCc1cccc(CC)c1NC(=O)COC(=O)[C@@H](NC(=O)Nc1ccccc1)C(C)C. The monoisotopic (exact) mass is 425 g/mol. The summed E-state index contributed by atoms with van der Waals surface area (Å²) in [5.74, 6) is -1.29. The molecule has 0 aromatic heterocycles. The van der Waals surface area contributed by atoms with Gasteiger partial charge in [-0.1, -0.05) is 64.1 Å². The lowest BCUT2D eigenvalue weighted by molar-refractivity contribution is -0.150. The van der Waals surface area contributed by atoms with Crippen LogP contribution in [0.3, 0.4) is 0 Å². The van der Waals surface area contributed by atoms with Crippen molar-refractivity contribution >= 4 is 29.3 Å². The Morgan fingerprint density at radius 1 is 0.871 bits per heavy atom. The second-order valence-corrected chi connectivity index (χ2v) is 7.50. The first kappa shape index (κ1) is 23.9. The van der Waals surface area contributed by atoms with E-state index < -0.39 is 30.6 Å². The van der Waals surface area contributed by atoms with Gasteiger partial charge < -0.3 is 20.7 Å². The Morgan fingerprint density at radius 2 is 1.48 bits per heavy atom. The number of rotatable bonds is 9. The molecule has 0 aliphatic carbocycles. The maximum absolute atomic E-state index is 12.5.